The normalized spacial score (nSPS) is 20.9. The van der Waals surface area contributed by atoms with Crippen molar-refractivity contribution in [3.8, 4) is 0 Å². The summed E-state index contributed by atoms with van der Waals surface area (Å²) < 4.78 is 13.2. The largest absolute Gasteiger partial charge is 0.460 e. The molecule has 7 heteroatoms. The summed E-state index contributed by atoms with van der Waals surface area (Å²) in [6.07, 6.45) is 8.93. The second-order valence-corrected chi connectivity index (χ2v) is 8.79. The van der Waals surface area contributed by atoms with E-state index in [1.54, 1.807) is 40.9 Å². The van der Waals surface area contributed by atoms with E-state index in [0.717, 1.165) is 36.9 Å². The van der Waals surface area contributed by atoms with Gasteiger partial charge in [-0.2, -0.15) is 0 Å². The minimum Gasteiger partial charge on any atom is -0.460 e. The first-order valence-corrected chi connectivity index (χ1v) is 10.2. The maximum Gasteiger partial charge on any atom is 0.410 e. The zero-order chi connectivity index (χ0) is 21.2. The minimum absolute atomic E-state index is 0.138. The maximum absolute atomic E-state index is 12.8. The third-order valence-corrected chi connectivity index (χ3v) is 5.41. The van der Waals surface area contributed by atoms with E-state index in [4.69, 9.17) is 9.47 Å². The van der Waals surface area contributed by atoms with Gasteiger partial charge in [-0.05, 0) is 58.6 Å². The van der Waals surface area contributed by atoms with Crippen LogP contribution in [0.3, 0.4) is 0 Å². The van der Waals surface area contributed by atoms with Gasteiger partial charge in [0.1, 0.15) is 23.4 Å². The number of nitrogens with zero attached hydrogens (tertiary/aromatic N) is 3. The highest BCUT2D eigenvalue weighted by atomic mass is 16.6. The van der Waals surface area contributed by atoms with Gasteiger partial charge in [-0.1, -0.05) is 12.5 Å². The Balaban J connectivity index is 1.69. The van der Waals surface area contributed by atoms with Crippen LogP contribution in [0.5, 0.6) is 0 Å². The molecule has 3 rings (SSSR count). The minimum atomic E-state index is -0.719. The molecule has 1 amide bonds. The van der Waals surface area contributed by atoms with Crippen LogP contribution in [0.2, 0.25) is 0 Å². The van der Waals surface area contributed by atoms with Gasteiger partial charge >= 0.3 is 12.1 Å². The Kier molecular flexibility index (Phi) is 6.15. The van der Waals surface area contributed by atoms with Crippen molar-refractivity contribution in [1.82, 2.24) is 14.3 Å². The Hall–Kier alpha value is -2.57. The number of carbonyl (C=O) groups excluding carboxylic acids is 2. The topological polar surface area (TPSA) is 73.1 Å². The van der Waals surface area contributed by atoms with E-state index >= 15 is 0 Å². The molecule has 0 bridgehead atoms. The Morgan fingerprint density at radius 3 is 2.69 bits per heavy atom. The first kappa shape index (κ1) is 21.1. The van der Waals surface area contributed by atoms with Crippen LogP contribution in [0.15, 0.2) is 30.7 Å². The highest BCUT2D eigenvalue weighted by Crippen LogP contribution is 2.35. The number of hydrogen-bond donors (Lipinski definition) is 0. The second kappa shape index (κ2) is 8.43. The van der Waals surface area contributed by atoms with E-state index in [2.05, 4.69) is 17.2 Å². The molecule has 2 unspecified atom stereocenters. The molecule has 1 fully saturated rings. The van der Waals surface area contributed by atoms with Crippen molar-refractivity contribution < 1.29 is 19.1 Å². The van der Waals surface area contributed by atoms with Gasteiger partial charge in [-0.15, -0.1) is 0 Å². The van der Waals surface area contributed by atoms with Crippen LogP contribution in [0, 0.1) is 0 Å². The molecule has 2 heterocycles. The van der Waals surface area contributed by atoms with Crippen LogP contribution >= 0.6 is 0 Å². The highest BCUT2D eigenvalue weighted by Gasteiger charge is 2.34. The molecular weight excluding hydrogens is 370 g/mol. The van der Waals surface area contributed by atoms with Gasteiger partial charge in [0.15, 0.2) is 0 Å². The summed E-state index contributed by atoms with van der Waals surface area (Å²) in [7, 11) is 1.56. The van der Waals surface area contributed by atoms with Gasteiger partial charge in [0.2, 0.25) is 0 Å². The van der Waals surface area contributed by atoms with Crippen molar-refractivity contribution in [2.75, 3.05) is 7.05 Å². The van der Waals surface area contributed by atoms with Crippen molar-refractivity contribution >= 4 is 17.7 Å². The molecule has 0 aromatic carbocycles. The van der Waals surface area contributed by atoms with Crippen molar-refractivity contribution in [2.45, 2.75) is 77.0 Å². The molecule has 2 aromatic rings. The number of pyridine rings is 1. The maximum atomic E-state index is 12.8. The molecule has 3 atom stereocenters. The molecule has 1 aliphatic carbocycles. The molecule has 2 aromatic heterocycles. The molecule has 0 N–H and O–H groups in total. The Labute approximate surface area is 172 Å². The molecule has 158 valence electrons. The summed E-state index contributed by atoms with van der Waals surface area (Å²) in [5.41, 5.74) is 1.42. The summed E-state index contributed by atoms with van der Waals surface area (Å²) in [4.78, 5) is 30.6. The number of ether oxygens (including phenoxy) is 2. The molecule has 0 saturated heterocycles. The van der Waals surface area contributed by atoms with Crippen molar-refractivity contribution in [2.24, 2.45) is 0 Å². The quantitative estimate of drug-likeness (QED) is 0.719. The number of fused-ring (bicyclic) bond motifs is 1. The smallest absolute Gasteiger partial charge is 0.410 e. The third-order valence-electron chi connectivity index (χ3n) is 5.41. The lowest BCUT2D eigenvalue weighted by molar-refractivity contribution is -0.156. The molecule has 1 aliphatic rings. The van der Waals surface area contributed by atoms with E-state index in [1.165, 1.54) is 4.90 Å². The first-order valence-electron chi connectivity index (χ1n) is 10.2. The number of aromatic nitrogens is 2. The van der Waals surface area contributed by atoms with Crippen LogP contribution < -0.4 is 0 Å². The Morgan fingerprint density at radius 2 is 1.97 bits per heavy atom. The predicted molar refractivity (Wildman–Crippen MR) is 110 cm³/mol. The molecular formula is C22H31N3O4. The third kappa shape index (κ3) is 5.08. The number of hydrogen-bond acceptors (Lipinski definition) is 5. The Bertz CT molecular complexity index is 870. The Morgan fingerprint density at radius 1 is 1.24 bits per heavy atom. The number of amides is 1. The van der Waals surface area contributed by atoms with Crippen LogP contribution in [-0.2, 0) is 14.3 Å². The van der Waals surface area contributed by atoms with Crippen molar-refractivity contribution in [3.05, 3.63) is 36.3 Å². The number of esters is 1. The molecule has 0 radical (unpaired) electrons. The lowest BCUT2D eigenvalue weighted by Crippen LogP contribution is -2.45. The fourth-order valence-corrected chi connectivity index (χ4v) is 3.67. The average molecular weight is 402 g/mol. The first-order chi connectivity index (χ1) is 13.7. The highest BCUT2D eigenvalue weighted by molar-refractivity contribution is 5.81. The van der Waals surface area contributed by atoms with E-state index in [0.29, 0.717) is 0 Å². The van der Waals surface area contributed by atoms with Crippen LogP contribution in [0.1, 0.15) is 64.9 Å². The zero-order valence-corrected chi connectivity index (χ0v) is 17.9. The molecule has 0 spiro atoms. The number of carbonyl (C=O) groups is 2. The van der Waals surface area contributed by atoms with Crippen molar-refractivity contribution in [1.29, 1.82) is 0 Å². The number of imidazole rings is 1. The van der Waals surface area contributed by atoms with E-state index in [-0.39, 0.29) is 12.0 Å². The standard InChI is InChI=1S/C22H31N3O4/c1-15(24(5)21(27)29-22(2,3)4)20(26)28-18-9-7-6-8-17(18)16-10-11-19-23-12-13-25(19)14-16/h10-15,17-18H,6-9H2,1-5H3/t15-,17?,18?/m0/s1. The van der Waals surface area contributed by atoms with Crippen LogP contribution in [-0.4, -0.2) is 51.1 Å². The van der Waals surface area contributed by atoms with Gasteiger partial charge in [0.05, 0.1) is 0 Å². The van der Waals surface area contributed by atoms with Gasteiger partial charge in [0.25, 0.3) is 0 Å². The molecule has 7 nitrogen and oxygen atoms in total. The summed E-state index contributed by atoms with van der Waals surface area (Å²) in [6, 6.07) is 3.33. The lowest BCUT2D eigenvalue weighted by atomic mass is 9.82. The average Bonchev–Trinajstić information content (AvgIpc) is 3.13. The van der Waals surface area contributed by atoms with Gasteiger partial charge in [-0.25, -0.2) is 14.6 Å². The summed E-state index contributed by atoms with van der Waals surface area (Å²) in [5.74, 6) is -0.266. The molecule has 29 heavy (non-hydrogen) atoms. The summed E-state index contributed by atoms with van der Waals surface area (Å²) in [5, 5.41) is 0. The van der Waals surface area contributed by atoms with Gasteiger partial charge < -0.3 is 13.9 Å². The molecule has 0 aliphatic heterocycles. The fourth-order valence-electron chi connectivity index (χ4n) is 3.67. The number of rotatable bonds is 4. The fraction of sp³-hybridized carbons (Fsp3) is 0.591. The second-order valence-electron chi connectivity index (χ2n) is 8.79. The van der Waals surface area contributed by atoms with E-state index in [9.17, 15) is 9.59 Å². The SMILES string of the molecule is C[C@@H](C(=O)OC1CCCCC1c1ccc2nccn2c1)N(C)C(=O)OC(C)(C)C. The van der Waals surface area contributed by atoms with E-state index < -0.39 is 23.7 Å². The zero-order valence-electron chi connectivity index (χ0n) is 17.9. The molecule has 1 saturated carbocycles. The van der Waals surface area contributed by atoms with Crippen LogP contribution in [0.4, 0.5) is 4.79 Å². The predicted octanol–water partition coefficient (Wildman–Crippen LogP) is 4.16. The van der Waals surface area contributed by atoms with E-state index in [1.807, 2.05) is 16.7 Å². The summed E-state index contributed by atoms with van der Waals surface area (Å²) >= 11 is 0. The lowest BCUT2D eigenvalue weighted by Gasteiger charge is -2.33. The van der Waals surface area contributed by atoms with Gasteiger partial charge in [0, 0.05) is 31.6 Å². The van der Waals surface area contributed by atoms with Crippen molar-refractivity contribution in [3.63, 3.8) is 0 Å². The monoisotopic (exact) mass is 401 g/mol. The number of likely N-dealkylation sites (N-methyl/N-ethyl adjacent to an activating group) is 1. The summed E-state index contributed by atoms with van der Waals surface area (Å²) in [6.45, 7) is 7.06. The van der Waals surface area contributed by atoms with Crippen LogP contribution in [0.25, 0.3) is 5.65 Å². The van der Waals surface area contributed by atoms with Gasteiger partial charge in [-0.3, -0.25) is 4.90 Å².